The van der Waals surface area contributed by atoms with E-state index in [2.05, 4.69) is 15.6 Å². The summed E-state index contributed by atoms with van der Waals surface area (Å²) in [7, 11) is 0. The number of benzene rings is 1. The van der Waals surface area contributed by atoms with Crippen molar-refractivity contribution in [3.05, 3.63) is 53.7 Å². The highest BCUT2D eigenvalue weighted by Crippen LogP contribution is 2.24. The smallest absolute Gasteiger partial charge is 0.224 e. The van der Waals surface area contributed by atoms with Crippen LogP contribution in [0.2, 0.25) is 0 Å². The van der Waals surface area contributed by atoms with Crippen LogP contribution < -0.4 is 15.4 Å². The van der Waals surface area contributed by atoms with Crippen molar-refractivity contribution in [2.45, 2.75) is 13.0 Å². The molecule has 0 radical (unpaired) electrons. The van der Waals surface area contributed by atoms with Crippen LogP contribution in [0, 0.1) is 17.6 Å². The molecule has 2 aromatic rings. The lowest BCUT2D eigenvalue weighted by molar-refractivity contribution is -0.124. The van der Waals surface area contributed by atoms with Gasteiger partial charge in [0.1, 0.15) is 5.75 Å². The summed E-state index contributed by atoms with van der Waals surface area (Å²) in [6.07, 6.45) is 2.35. The highest BCUT2D eigenvalue weighted by Gasteiger charge is 2.22. The number of pyridine rings is 1. The molecule has 5 nitrogen and oxygen atoms in total. The van der Waals surface area contributed by atoms with Crippen molar-refractivity contribution in [2.75, 3.05) is 13.1 Å². The fourth-order valence-corrected chi connectivity index (χ4v) is 2.51. The summed E-state index contributed by atoms with van der Waals surface area (Å²) in [5, 5.41) is 6.00. The first kappa shape index (κ1) is 16.3. The van der Waals surface area contributed by atoms with Crippen molar-refractivity contribution in [1.82, 2.24) is 15.6 Å². The van der Waals surface area contributed by atoms with Crippen molar-refractivity contribution >= 4 is 5.91 Å². The van der Waals surface area contributed by atoms with Gasteiger partial charge in [0, 0.05) is 30.9 Å². The summed E-state index contributed by atoms with van der Waals surface area (Å²) in [4.78, 5) is 16.2. The molecule has 1 aromatic carbocycles. The van der Waals surface area contributed by atoms with Gasteiger partial charge in [0.2, 0.25) is 11.8 Å². The van der Waals surface area contributed by atoms with Crippen LogP contribution in [0.3, 0.4) is 0 Å². The first-order chi connectivity index (χ1) is 11.6. The van der Waals surface area contributed by atoms with Crippen LogP contribution in [0.1, 0.15) is 12.0 Å². The molecular weight excluding hydrogens is 316 g/mol. The van der Waals surface area contributed by atoms with E-state index in [1.165, 1.54) is 12.3 Å². The maximum absolute atomic E-state index is 13.3. The largest absolute Gasteiger partial charge is 0.439 e. The molecule has 0 unspecified atom stereocenters. The van der Waals surface area contributed by atoms with Gasteiger partial charge in [-0.3, -0.25) is 4.79 Å². The van der Waals surface area contributed by atoms with Gasteiger partial charge in [0.05, 0.1) is 5.92 Å². The second-order valence-corrected chi connectivity index (χ2v) is 5.55. The van der Waals surface area contributed by atoms with Crippen molar-refractivity contribution in [3.63, 3.8) is 0 Å². The van der Waals surface area contributed by atoms with Crippen molar-refractivity contribution < 1.29 is 18.3 Å². The van der Waals surface area contributed by atoms with Crippen LogP contribution >= 0.6 is 0 Å². The number of hydrogen-bond donors (Lipinski definition) is 2. The molecule has 2 heterocycles. The number of carbonyl (C=O) groups is 1. The normalized spacial score (nSPS) is 16.8. The number of nitrogens with zero attached hydrogens (tertiary/aromatic N) is 1. The highest BCUT2D eigenvalue weighted by molar-refractivity contribution is 5.79. The van der Waals surface area contributed by atoms with E-state index in [1.54, 1.807) is 12.1 Å². The number of nitrogens with one attached hydrogen (secondary N) is 2. The van der Waals surface area contributed by atoms with Gasteiger partial charge in [-0.15, -0.1) is 0 Å². The Labute approximate surface area is 138 Å². The summed E-state index contributed by atoms with van der Waals surface area (Å²) in [6, 6.07) is 6.74. The van der Waals surface area contributed by atoms with E-state index in [9.17, 15) is 13.6 Å². The van der Waals surface area contributed by atoms with E-state index in [4.69, 9.17) is 4.74 Å². The number of rotatable bonds is 5. The Morgan fingerprint density at radius 2 is 2.21 bits per heavy atom. The molecule has 0 saturated carbocycles. The summed E-state index contributed by atoms with van der Waals surface area (Å²) in [5.74, 6) is -1.61. The lowest BCUT2D eigenvalue weighted by Crippen LogP contribution is -2.31. The van der Waals surface area contributed by atoms with Crippen LogP contribution in [0.5, 0.6) is 11.6 Å². The summed E-state index contributed by atoms with van der Waals surface area (Å²) >= 11 is 0. The van der Waals surface area contributed by atoms with Gasteiger partial charge in [-0.25, -0.2) is 13.8 Å². The lowest BCUT2D eigenvalue weighted by atomic mass is 10.1. The Morgan fingerprint density at radius 1 is 1.33 bits per heavy atom. The molecule has 1 aliphatic rings. The molecule has 1 aromatic heterocycles. The average Bonchev–Trinajstić information content (AvgIpc) is 3.12. The molecule has 0 bridgehead atoms. The van der Waals surface area contributed by atoms with E-state index in [0.29, 0.717) is 12.1 Å². The summed E-state index contributed by atoms with van der Waals surface area (Å²) in [6.45, 7) is 1.77. The van der Waals surface area contributed by atoms with Gasteiger partial charge in [0.15, 0.2) is 11.6 Å². The Bertz CT molecular complexity index is 734. The minimum absolute atomic E-state index is 0.0253. The van der Waals surface area contributed by atoms with Crippen molar-refractivity contribution in [2.24, 2.45) is 5.92 Å². The first-order valence-corrected chi connectivity index (χ1v) is 7.68. The Kier molecular flexibility index (Phi) is 5.00. The van der Waals surface area contributed by atoms with E-state index >= 15 is 0 Å². The average molecular weight is 333 g/mol. The molecule has 1 atom stereocenters. The third-order valence-electron chi connectivity index (χ3n) is 3.84. The lowest BCUT2D eigenvalue weighted by Gasteiger charge is -2.13. The number of aromatic nitrogens is 1. The second kappa shape index (κ2) is 7.35. The van der Waals surface area contributed by atoms with E-state index in [0.717, 1.165) is 25.1 Å². The predicted octanol–water partition coefficient (Wildman–Crippen LogP) is 2.38. The van der Waals surface area contributed by atoms with Gasteiger partial charge in [0.25, 0.3) is 0 Å². The molecule has 24 heavy (non-hydrogen) atoms. The third kappa shape index (κ3) is 3.86. The van der Waals surface area contributed by atoms with Crippen LogP contribution in [0.4, 0.5) is 8.78 Å². The van der Waals surface area contributed by atoms with Crippen LogP contribution in [-0.2, 0) is 11.3 Å². The first-order valence-electron chi connectivity index (χ1n) is 7.68. The van der Waals surface area contributed by atoms with E-state index in [1.807, 2.05) is 0 Å². The summed E-state index contributed by atoms with van der Waals surface area (Å²) < 4.78 is 31.8. The SMILES string of the molecule is O=C(NCc1cccnc1Oc1ccc(F)c(F)c1)[C@H]1CCNC1. The predicted molar refractivity (Wildman–Crippen MR) is 83.5 cm³/mol. The maximum Gasteiger partial charge on any atom is 0.224 e. The minimum Gasteiger partial charge on any atom is -0.439 e. The number of carbonyl (C=O) groups excluding carboxylic acids is 1. The minimum atomic E-state index is -0.994. The van der Waals surface area contributed by atoms with Crippen LogP contribution in [0.15, 0.2) is 36.5 Å². The molecule has 0 spiro atoms. The van der Waals surface area contributed by atoms with Gasteiger partial charge < -0.3 is 15.4 Å². The molecular formula is C17H17F2N3O2. The van der Waals surface area contributed by atoms with Crippen molar-refractivity contribution in [3.8, 4) is 11.6 Å². The Morgan fingerprint density at radius 3 is 2.96 bits per heavy atom. The molecule has 1 amide bonds. The molecule has 1 aliphatic heterocycles. The third-order valence-corrected chi connectivity index (χ3v) is 3.84. The van der Waals surface area contributed by atoms with Gasteiger partial charge in [-0.1, -0.05) is 6.07 Å². The maximum atomic E-state index is 13.3. The van der Waals surface area contributed by atoms with Gasteiger partial charge in [-0.05, 0) is 31.2 Å². The van der Waals surface area contributed by atoms with Crippen LogP contribution in [0.25, 0.3) is 0 Å². The number of hydrogen-bond acceptors (Lipinski definition) is 4. The molecule has 7 heteroatoms. The monoisotopic (exact) mass is 333 g/mol. The van der Waals surface area contributed by atoms with Gasteiger partial charge >= 0.3 is 0 Å². The topological polar surface area (TPSA) is 63.2 Å². The number of ether oxygens (including phenoxy) is 1. The van der Waals surface area contributed by atoms with Crippen molar-refractivity contribution in [1.29, 1.82) is 0 Å². The zero-order valence-electron chi connectivity index (χ0n) is 12.9. The molecule has 2 N–H and O–H groups in total. The standard InChI is InChI=1S/C17H17F2N3O2/c18-14-4-3-13(8-15(14)19)24-17-12(2-1-6-21-17)10-22-16(23)11-5-7-20-9-11/h1-4,6,8,11,20H,5,7,9-10H2,(H,22,23)/t11-/m0/s1. The Hall–Kier alpha value is -2.54. The number of amides is 1. The van der Waals surface area contributed by atoms with Gasteiger partial charge in [-0.2, -0.15) is 0 Å². The second-order valence-electron chi connectivity index (χ2n) is 5.55. The molecule has 1 saturated heterocycles. The molecule has 0 aliphatic carbocycles. The fourth-order valence-electron chi connectivity index (χ4n) is 2.51. The fraction of sp³-hybridized carbons (Fsp3) is 0.294. The molecule has 1 fully saturated rings. The zero-order valence-corrected chi connectivity index (χ0v) is 12.9. The summed E-state index contributed by atoms with van der Waals surface area (Å²) in [5.41, 5.74) is 0.654. The molecule has 126 valence electrons. The molecule has 3 rings (SSSR count). The quantitative estimate of drug-likeness (QED) is 0.882. The zero-order chi connectivity index (χ0) is 16.9. The highest BCUT2D eigenvalue weighted by atomic mass is 19.2. The number of halogens is 2. The van der Waals surface area contributed by atoms with Crippen LogP contribution in [-0.4, -0.2) is 24.0 Å². The van der Waals surface area contributed by atoms with E-state index < -0.39 is 11.6 Å². The van der Waals surface area contributed by atoms with E-state index in [-0.39, 0.29) is 30.0 Å². The Balaban J connectivity index is 1.68.